The molecule has 15 nitrogen and oxygen atoms in total. The first-order chi connectivity index (χ1) is 30.9. The number of carbonyl (C=O) groups excluding carboxylic acids is 4. The number of carbonyl (C=O) groups is 4. The molecule has 5 unspecified atom stereocenters. The number of imidazole rings is 2. The fraction of sp³-hybridized carbons (Fsp3) is 0.327. The second-order valence-electron chi connectivity index (χ2n) is 17.1. The third-order valence-electron chi connectivity index (χ3n) is 12.3. The Bertz CT molecular complexity index is 2720. The number of methoxy groups -OCH3 is 2. The van der Waals surface area contributed by atoms with Crippen molar-refractivity contribution >= 4 is 34.8 Å². The number of aromatic nitrogens is 4. The predicted octanol–water partition coefficient (Wildman–Crippen LogP) is 8.23. The van der Waals surface area contributed by atoms with Crippen LogP contribution >= 0.6 is 0 Å². The molecule has 15 heteroatoms. The number of hydrogen-bond donors (Lipinski definition) is 4. The maximum absolute atomic E-state index is 14.2. The zero-order chi connectivity index (χ0) is 45.1. The molecule has 5 atom stereocenters. The minimum atomic E-state index is -1.02. The van der Waals surface area contributed by atoms with E-state index in [4.69, 9.17) is 14.5 Å². The molecule has 2 saturated heterocycles. The monoisotopic (exact) mass is 861 g/mol. The first kappa shape index (κ1) is 43.2. The summed E-state index contributed by atoms with van der Waals surface area (Å²) in [5.41, 5.74) is 5.38. The number of amides is 4. The van der Waals surface area contributed by atoms with Crippen LogP contribution in [0.5, 0.6) is 0 Å². The molecule has 8 rings (SSSR count). The van der Waals surface area contributed by atoms with Crippen LogP contribution in [0.15, 0.2) is 103 Å². The van der Waals surface area contributed by atoms with Crippen LogP contribution in [0, 0.1) is 22.7 Å². The third kappa shape index (κ3) is 8.76. The highest BCUT2D eigenvalue weighted by Crippen LogP contribution is 2.43. The molecule has 2 aliphatic heterocycles. The molecule has 0 spiro atoms. The lowest BCUT2D eigenvalue weighted by atomic mass is 9.90. The summed E-state index contributed by atoms with van der Waals surface area (Å²) >= 11 is 0. The Hall–Kier alpha value is -7.47. The molecule has 6 aromatic rings. The highest BCUT2D eigenvalue weighted by atomic mass is 16.5. The van der Waals surface area contributed by atoms with Crippen molar-refractivity contribution in [3.05, 3.63) is 121 Å². The number of ether oxygens (including phenoxy) is 2. The van der Waals surface area contributed by atoms with Gasteiger partial charge < -0.3 is 39.9 Å². The summed E-state index contributed by atoms with van der Waals surface area (Å²) in [5, 5.41) is 17.6. The summed E-state index contributed by atoms with van der Waals surface area (Å²) in [6.45, 7) is 6.38. The van der Waals surface area contributed by atoms with Crippen molar-refractivity contribution in [2.45, 2.75) is 64.2 Å². The molecule has 2 fully saturated rings. The van der Waals surface area contributed by atoms with Gasteiger partial charge in [0.2, 0.25) is 5.91 Å². The number of alkyl carbamates (subject to hydrolysis) is 2. The van der Waals surface area contributed by atoms with Gasteiger partial charge in [-0.25, -0.2) is 19.6 Å². The molecule has 4 N–H and O–H groups in total. The number of likely N-dealkylation sites (tertiary alicyclic amines) is 2. The minimum Gasteiger partial charge on any atom is -0.453 e. The molecule has 0 saturated carbocycles. The molecule has 0 radical (unpaired) electrons. The molecule has 0 aliphatic carbocycles. The van der Waals surface area contributed by atoms with Crippen LogP contribution in [0.25, 0.3) is 44.4 Å². The summed E-state index contributed by atoms with van der Waals surface area (Å²) in [4.78, 5) is 71.9. The van der Waals surface area contributed by atoms with E-state index in [1.165, 1.54) is 14.2 Å². The van der Waals surface area contributed by atoms with Crippen molar-refractivity contribution < 1.29 is 28.7 Å². The van der Waals surface area contributed by atoms with Crippen LogP contribution in [-0.4, -0.2) is 87.1 Å². The van der Waals surface area contributed by atoms with Gasteiger partial charge in [0.1, 0.15) is 23.7 Å². The van der Waals surface area contributed by atoms with Gasteiger partial charge in [0.15, 0.2) is 0 Å². The van der Waals surface area contributed by atoms with E-state index < -0.39 is 35.7 Å². The SMILES string of the molecule is COC(=O)NC(C(=O)N1CC(C)(C#N)CC1c1ncc(-c2ccc3cc(-c4ccc(-c5cnc(C6CCCN6C(=O)C(NC(=O)OC)C(C)C)[nH]5)cc4)ccc3c2)[nH]1)c1ccccc1. The zero-order valence-electron chi connectivity index (χ0n) is 36.4. The van der Waals surface area contributed by atoms with Crippen molar-refractivity contribution in [1.82, 2.24) is 40.4 Å². The van der Waals surface area contributed by atoms with Gasteiger partial charge in [-0.05, 0) is 77.3 Å². The Balaban J connectivity index is 0.970. The number of rotatable bonds is 11. The fourth-order valence-electron chi connectivity index (χ4n) is 8.85. The Morgan fingerprint density at radius 1 is 0.750 bits per heavy atom. The van der Waals surface area contributed by atoms with Crippen LogP contribution in [0.3, 0.4) is 0 Å². The average molecular weight is 862 g/mol. The van der Waals surface area contributed by atoms with E-state index in [1.54, 1.807) is 46.5 Å². The second-order valence-corrected chi connectivity index (χ2v) is 17.1. The molecule has 2 aromatic heterocycles. The molecule has 328 valence electrons. The molecule has 4 heterocycles. The zero-order valence-corrected chi connectivity index (χ0v) is 36.4. The van der Waals surface area contributed by atoms with Crippen molar-refractivity contribution in [2.24, 2.45) is 11.3 Å². The molecular weight excluding hydrogens is 811 g/mol. The van der Waals surface area contributed by atoms with E-state index in [2.05, 4.69) is 86.3 Å². The smallest absolute Gasteiger partial charge is 0.407 e. The van der Waals surface area contributed by atoms with Crippen molar-refractivity contribution in [3.8, 4) is 39.7 Å². The largest absolute Gasteiger partial charge is 0.453 e. The maximum Gasteiger partial charge on any atom is 0.407 e. The quantitative estimate of drug-likeness (QED) is 0.0991. The molecule has 4 aromatic carbocycles. The number of aromatic amines is 2. The van der Waals surface area contributed by atoms with Crippen LogP contribution < -0.4 is 10.6 Å². The summed E-state index contributed by atoms with van der Waals surface area (Å²) in [7, 11) is 2.53. The minimum absolute atomic E-state index is 0.116. The standard InChI is InChI=1S/C49H51N9O6/c1-29(2)41(55-47(61)63-4)45(59)57-21-9-12-39(57)43-51-25-37(53-43)31-15-13-30(14-16-31)33-17-18-35-23-36(20-19-34(35)22-33)38-26-52-44(54-38)40-24-49(3,27-50)28-58(40)46(60)42(56-48(62)64-5)32-10-7-6-8-11-32/h6-8,10-11,13-20,22-23,25-26,29,39-42H,9,12,21,24,28H2,1-5H3,(H,51,53)(H,52,54)(H,55,61)(H,56,62). The molecule has 64 heavy (non-hydrogen) atoms. The van der Waals surface area contributed by atoms with Gasteiger partial charge in [-0.1, -0.05) is 92.7 Å². The molecular formula is C49H51N9O6. The van der Waals surface area contributed by atoms with Gasteiger partial charge >= 0.3 is 12.2 Å². The molecule has 2 aliphatic rings. The normalized spacial score (nSPS) is 19.3. The van der Waals surface area contributed by atoms with E-state index in [-0.39, 0.29) is 30.3 Å². The van der Waals surface area contributed by atoms with Crippen LogP contribution in [0.4, 0.5) is 9.59 Å². The fourth-order valence-corrected chi connectivity index (χ4v) is 8.85. The van der Waals surface area contributed by atoms with Gasteiger partial charge in [-0.2, -0.15) is 5.26 Å². The first-order valence-corrected chi connectivity index (χ1v) is 21.4. The lowest BCUT2D eigenvalue weighted by Gasteiger charge is -2.30. The number of nitriles is 1. The van der Waals surface area contributed by atoms with Crippen LogP contribution in [0.1, 0.15) is 75.4 Å². The maximum atomic E-state index is 14.2. The number of fused-ring (bicyclic) bond motifs is 1. The number of hydrogen-bond acceptors (Lipinski definition) is 9. The predicted molar refractivity (Wildman–Crippen MR) is 240 cm³/mol. The summed E-state index contributed by atoms with van der Waals surface area (Å²) in [5.74, 6) is 0.639. The number of benzene rings is 4. The average Bonchev–Trinajstić information content (AvgIpc) is 4.16. The van der Waals surface area contributed by atoms with Gasteiger partial charge in [0, 0.05) is 18.7 Å². The number of nitrogens with one attached hydrogen (secondary N) is 4. The molecule has 0 bridgehead atoms. The van der Waals surface area contributed by atoms with Crippen molar-refractivity contribution in [3.63, 3.8) is 0 Å². The Morgan fingerprint density at radius 3 is 1.97 bits per heavy atom. The van der Waals surface area contributed by atoms with E-state index in [0.717, 1.165) is 57.3 Å². The number of H-pyrrole nitrogens is 2. The topological polar surface area (TPSA) is 198 Å². The van der Waals surface area contributed by atoms with Gasteiger partial charge in [-0.15, -0.1) is 0 Å². The molecule has 4 amide bonds. The third-order valence-corrected chi connectivity index (χ3v) is 12.3. The van der Waals surface area contributed by atoms with Crippen molar-refractivity contribution in [2.75, 3.05) is 27.3 Å². The first-order valence-electron chi connectivity index (χ1n) is 21.4. The summed E-state index contributed by atoms with van der Waals surface area (Å²) < 4.78 is 9.61. The van der Waals surface area contributed by atoms with Crippen LogP contribution in [0.2, 0.25) is 0 Å². The summed E-state index contributed by atoms with van der Waals surface area (Å²) in [6, 6.07) is 29.7. The Kier molecular flexibility index (Phi) is 12.2. The van der Waals surface area contributed by atoms with Gasteiger partial charge in [0.25, 0.3) is 5.91 Å². The van der Waals surface area contributed by atoms with Gasteiger partial charge in [0.05, 0.1) is 61.6 Å². The summed E-state index contributed by atoms with van der Waals surface area (Å²) in [6.07, 6.45) is 4.15. The Labute approximate surface area is 371 Å². The van der Waals surface area contributed by atoms with E-state index in [9.17, 15) is 24.4 Å². The highest BCUT2D eigenvalue weighted by Gasteiger charge is 2.47. The van der Waals surface area contributed by atoms with Crippen molar-refractivity contribution in [1.29, 1.82) is 5.26 Å². The van der Waals surface area contributed by atoms with E-state index >= 15 is 0 Å². The van der Waals surface area contributed by atoms with Gasteiger partial charge in [-0.3, -0.25) is 9.59 Å². The number of nitrogens with zero attached hydrogens (tertiary/aromatic N) is 5. The van der Waals surface area contributed by atoms with E-state index in [1.807, 2.05) is 32.9 Å². The van der Waals surface area contributed by atoms with Crippen LogP contribution in [-0.2, 0) is 19.1 Å². The lowest BCUT2D eigenvalue weighted by Crippen LogP contribution is -2.51. The Morgan fingerprint density at radius 2 is 1.33 bits per heavy atom. The second kappa shape index (κ2) is 18.1. The van der Waals surface area contributed by atoms with E-state index in [0.29, 0.717) is 30.2 Å². The lowest BCUT2D eigenvalue weighted by molar-refractivity contribution is -0.136. The highest BCUT2D eigenvalue weighted by molar-refractivity contribution is 5.91.